The fourth-order valence-corrected chi connectivity index (χ4v) is 4.26. The number of benzene rings is 1. The SMILES string of the molecule is CC[C@H]1O[C@@H](n2ccc(=O)[nH]c2=O)[C@](C)(OC2CCCCO2)[C@@H]1OC(=O)Oc1ccccc1. The molecule has 10 nitrogen and oxygen atoms in total. The summed E-state index contributed by atoms with van der Waals surface area (Å²) < 4.78 is 30.6. The number of hydrogen-bond donors (Lipinski definition) is 1. The lowest BCUT2D eigenvalue weighted by atomic mass is 9.94. The van der Waals surface area contributed by atoms with Gasteiger partial charge in [0.25, 0.3) is 5.56 Å². The van der Waals surface area contributed by atoms with Crippen molar-refractivity contribution in [2.24, 2.45) is 0 Å². The number of carbonyl (C=O) groups excluding carboxylic acids is 1. The first-order valence-corrected chi connectivity index (χ1v) is 11.1. The van der Waals surface area contributed by atoms with E-state index in [1.807, 2.05) is 6.92 Å². The molecule has 10 heteroatoms. The van der Waals surface area contributed by atoms with Crippen molar-refractivity contribution in [3.8, 4) is 5.75 Å². The van der Waals surface area contributed by atoms with Gasteiger partial charge in [-0.2, -0.15) is 0 Å². The van der Waals surface area contributed by atoms with Crippen LogP contribution in [0.25, 0.3) is 0 Å². The molecular formula is C23H28N2O8. The Morgan fingerprint density at radius 3 is 2.67 bits per heavy atom. The van der Waals surface area contributed by atoms with Gasteiger partial charge in [-0.05, 0) is 44.7 Å². The van der Waals surface area contributed by atoms with Crippen LogP contribution in [-0.4, -0.2) is 46.4 Å². The van der Waals surface area contributed by atoms with Crippen LogP contribution in [0.15, 0.2) is 52.2 Å². The predicted octanol–water partition coefficient (Wildman–Crippen LogP) is 2.73. The molecule has 33 heavy (non-hydrogen) atoms. The smallest absolute Gasteiger partial charge is 0.425 e. The van der Waals surface area contributed by atoms with Crippen molar-refractivity contribution in [1.82, 2.24) is 9.55 Å². The van der Waals surface area contributed by atoms with Crippen LogP contribution in [0.3, 0.4) is 0 Å². The van der Waals surface area contributed by atoms with Crippen molar-refractivity contribution in [2.75, 3.05) is 6.61 Å². The minimum absolute atomic E-state index is 0.334. The zero-order valence-electron chi connectivity index (χ0n) is 18.6. The van der Waals surface area contributed by atoms with Crippen LogP contribution in [0.5, 0.6) is 5.75 Å². The Morgan fingerprint density at radius 1 is 1.21 bits per heavy atom. The van der Waals surface area contributed by atoms with Gasteiger partial charge in [0.1, 0.15) is 11.9 Å². The highest BCUT2D eigenvalue weighted by Gasteiger charge is 2.59. The summed E-state index contributed by atoms with van der Waals surface area (Å²) in [6.07, 6.45) is 0.365. The third-order valence-corrected chi connectivity index (χ3v) is 5.89. The van der Waals surface area contributed by atoms with E-state index < -0.39 is 47.7 Å². The van der Waals surface area contributed by atoms with Crippen molar-refractivity contribution in [3.05, 3.63) is 63.4 Å². The van der Waals surface area contributed by atoms with E-state index in [2.05, 4.69) is 4.98 Å². The van der Waals surface area contributed by atoms with Crippen molar-refractivity contribution in [2.45, 2.75) is 69.9 Å². The number of hydrogen-bond acceptors (Lipinski definition) is 8. The molecule has 1 aromatic carbocycles. The number of aromatic nitrogens is 2. The van der Waals surface area contributed by atoms with E-state index in [-0.39, 0.29) is 0 Å². The summed E-state index contributed by atoms with van der Waals surface area (Å²) in [7, 11) is 0. The molecule has 0 spiro atoms. The van der Waals surface area contributed by atoms with Crippen LogP contribution in [0.4, 0.5) is 4.79 Å². The lowest BCUT2D eigenvalue weighted by Crippen LogP contribution is -2.52. The quantitative estimate of drug-likeness (QED) is 0.516. The van der Waals surface area contributed by atoms with Crippen LogP contribution in [0.2, 0.25) is 0 Å². The summed E-state index contributed by atoms with van der Waals surface area (Å²) in [6, 6.07) is 9.78. The summed E-state index contributed by atoms with van der Waals surface area (Å²) in [6.45, 7) is 4.13. The van der Waals surface area contributed by atoms with Crippen LogP contribution in [-0.2, 0) is 18.9 Å². The van der Waals surface area contributed by atoms with E-state index in [1.165, 1.54) is 16.8 Å². The highest BCUT2D eigenvalue weighted by atomic mass is 16.8. The first-order valence-electron chi connectivity index (χ1n) is 11.1. The molecule has 2 aliphatic heterocycles. The van der Waals surface area contributed by atoms with Gasteiger partial charge in [-0.1, -0.05) is 25.1 Å². The predicted molar refractivity (Wildman–Crippen MR) is 116 cm³/mol. The summed E-state index contributed by atoms with van der Waals surface area (Å²) in [4.78, 5) is 39.1. The lowest BCUT2D eigenvalue weighted by Gasteiger charge is -2.38. The van der Waals surface area contributed by atoms with Crippen LogP contribution in [0, 0.1) is 0 Å². The summed E-state index contributed by atoms with van der Waals surface area (Å²) in [5.41, 5.74) is -2.49. The molecule has 1 aromatic heterocycles. The topological polar surface area (TPSA) is 118 Å². The summed E-state index contributed by atoms with van der Waals surface area (Å²) >= 11 is 0. The van der Waals surface area contributed by atoms with Gasteiger partial charge < -0.3 is 23.7 Å². The molecule has 2 saturated heterocycles. The molecule has 0 saturated carbocycles. The number of para-hydroxylation sites is 1. The number of nitrogens with one attached hydrogen (secondary N) is 1. The van der Waals surface area contributed by atoms with E-state index >= 15 is 0 Å². The minimum Gasteiger partial charge on any atom is -0.425 e. The molecule has 1 N–H and O–H groups in total. The van der Waals surface area contributed by atoms with Gasteiger partial charge in [0, 0.05) is 18.9 Å². The number of rotatable bonds is 6. The van der Waals surface area contributed by atoms with Crippen molar-refractivity contribution >= 4 is 6.16 Å². The van der Waals surface area contributed by atoms with Gasteiger partial charge in [0.2, 0.25) is 0 Å². The monoisotopic (exact) mass is 460 g/mol. The Morgan fingerprint density at radius 2 is 2.00 bits per heavy atom. The third-order valence-electron chi connectivity index (χ3n) is 5.89. The fourth-order valence-electron chi connectivity index (χ4n) is 4.26. The molecule has 2 aliphatic rings. The first kappa shape index (κ1) is 23.2. The maximum absolute atomic E-state index is 12.7. The summed E-state index contributed by atoms with van der Waals surface area (Å²) in [5, 5.41) is 0. The molecule has 0 bridgehead atoms. The van der Waals surface area contributed by atoms with Gasteiger partial charge >= 0.3 is 11.8 Å². The lowest BCUT2D eigenvalue weighted by molar-refractivity contribution is -0.257. The van der Waals surface area contributed by atoms with Crippen LogP contribution in [0.1, 0.15) is 45.8 Å². The van der Waals surface area contributed by atoms with Gasteiger partial charge in [-0.15, -0.1) is 0 Å². The molecular weight excluding hydrogens is 432 g/mol. The molecule has 1 unspecified atom stereocenters. The molecule has 178 valence electrons. The van der Waals surface area contributed by atoms with Gasteiger partial charge in [-0.3, -0.25) is 14.3 Å². The Hall–Kier alpha value is -2.95. The maximum Gasteiger partial charge on any atom is 0.514 e. The van der Waals surface area contributed by atoms with Gasteiger partial charge in [0.05, 0.1) is 0 Å². The third kappa shape index (κ3) is 5.02. The van der Waals surface area contributed by atoms with E-state index in [9.17, 15) is 14.4 Å². The number of nitrogens with zero attached hydrogens (tertiary/aromatic N) is 1. The van der Waals surface area contributed by atoms with E-state index in [4.69, 9.17) is 23.7 Å². The van der Waals surface area contributed by atoms with Crippen molar-refractivity contribution < 1.29 is 28.5 Å². The Balaban J connectivity index is 1.66. The fraction of sp³-hybridized carbons (Fsp3) is 0.522. The average molecular weight is 460 g/mol. The second-order valence-corrected chi connectivity index (χ2v) is 8.25. The van der Waals surface area contributed by atoms with Crippen molar-refractivity contribution in [1.29, 1.82) is 0 Å². The van der Waals surface area contributed by atoms with Crippen LogP contribution >= 0.6 is 0 Å². The molecule has 0 amide bonds. The molecule has 0 radical (unpaired) electrons. The minimum atomic E-state index is -1.31. The van der Waals surface area contributed by atoms with Crippen LogP contribution < -0.4 is 16.0 Å². The standard InChI is InChI=1S/C23H28N2O8/c1-3-16-19(32-22(28)30-15-9-5-4-6-10-15)23(2,33-18-11-7-8-14-29-18)20(31-16)25-13-12-17(26)24-21(25)27/h4-6,9-10,12-13,16,18-20H,3,7-8,11,14H2,1-2H3,(H,24,26,27)/t16-,18?,19-,20-,23-/m1/s1. The molecule has 5 atom stereocenters. The second-order valence-electron chi connectivity index (χ2n) is 8.25. The van der Waals surface area contributed by atoms with Crippen molar-refractivity contribution in [3.63, 3.8) is 0 Å². The zero-order chi connectivity index (χ0) is 23.4. The molecule has 2 fully saturated rings. The molecule has 0 aliphatic carbocycles. The number of carbonyl (C=O) groups is 1. The normalized spacial score (nSPS) is 29.5. The summed E-state index contributed by atoms with van der Waals surface area (Å²) in [5.74, 6) is 0.334. The maximum atomic E-state index is 12.7. The largest absolute Gasteiger partial charge is 0.514 e. The van der Waals surface area contributed by atoms with E-state index in [0.717, 1.165) is 12.8 Å². The zero-order valence-corrected chi connectivity index (χ0v) is 18.6. The van der Waals surface area contributed by atoms with Gasteiger partial charge in [0.15, 0.2) is 24.2 Å². The first-order chi connectivity index (χ1) is 15.9. The number of aromatic amines is 1. The average Bonchev–Trinajstić information content (AvgIpc) is 3.06. The highest BCUT2D eigenvalue weighted by Crippen LogP contribution is 2.44. The van der Waals surface area contributed by atoms with E-state index in [1.54, 1.807) is 37.3 Å². The Kier molecular flexibility index (Phi) is 6.96. The van der Waals surface area contributed by atoms with Gasteiger partial charge in [-0.25, -0.2) is 9.59 Å². The molecule has 3 heterocycles. The number of ether oxygens (including phenoxy) is 5. The molecule has 4 rings (SSSR count). The number of H-pyrrole nitrogens is 1. The second kappa shape index (κ2) is 9.90. The Bertz CT molecular complexity index is 1060. The highest BCUT2D eigenvalue weighted by molar-refractivity contribution is 5.64. The Labute approximate surface area is 190 Å². The molecule has 2 aromatic rings. The van der Waals surface area contributed by atoms with E-state index in [0.29, 0.717) is 25.2 Å².